The van der Waals surface area contributed by atoms with Gasteiger partial charge in [0, 0.05) is 56.0 Å². The van der Waals surface area contributed by atoms with Crippen LogP contribution in [0.2, 0.25) is 5.02 Å². The first-order chi connectivity index (χ1) is 17.9. The number of hydrogen-bond donors (Lipinski definition) is 3. The van der Waals surface area contributed by atoms with E-state index in [0.29, 0.717) is 62.4 Å². The molecule has 1 unspecified atom stereocenters. The fourth-order valence-corrected chi connectivity index (χ4v) is 5.58. The van der Waals surface area contributed by atoms with Gasteiger partial charge >= 0.3 is 12.1 Å². The van der Waals surface area contributed by atoms with Gasteiger partial charge in [-0.2, -0.15) is 0 Å². The molecule has 3 atom stereocenters. The number of likely N-dealkylation sites (tertiary alicyclic amines) is 1. The van der Waals surface area contributed by atoms with Crippen molar-refractivity contribution in [3.63, 3.8) is 0 Å². The Kier molecular flexibility index (Phi) is 12.0. The second-order valence-electron chi connectivity index (χ2n) is 10.0. The number of likely N-dealkylation sites (N-methyl/N-ethyl adjacent to an activating group) is 1. The number of nitrogens with one attached hydrogen (secondary N) is 3. The number of amides is 3. The maximum Gasteiger partial charge on any atom is 0.406 e. The lowest BCUT2D eigenvalue weighted by molar-refractivity contribution is -0.121. The Labute approximate surface area is 225 Å². The first kappa shape index (κ1) is 29.2. The first-order valence-electron chi connectivity index (χ1n) is 13.3. The first-order valence-corrected chi connectivity index (χ1v) is 13.7. The summed E-state index contributed by atoms with van der Waals surface area (Å²) in [4.78, 5) is 38.2. The maximum atomic E-state index is 13.3. The van der Waals surface area contributed by atoms with E-state index in [2.05, 4.69) is 20.7 Å². The second-order valence-corrected chi connectivity index (χ2v) is 10.5. The van der Waals surface area contributed by atoms with Gasteiger partial charge in [0.05, 0.1) is 19.8 Å². The number of Topliss-reactive ketones (excluding diaryl/α,β-unsaturated/α-hetero) is 1. The molecule has 1 saturated carbocycles. The van der Waals surface area contributed by atoms with Crippen molar-refractivity contribution in [1.29, 1.82) is 0 Å². The van der Waals surface area contributed by atoms with Crippen LogP contribution >= 0.6 is 11.6 Å². The Morgan fingerprint density at radius 3 is 2.70 bits per heavy atom. The van der Waals surface area contributed by atoms with Crippen LogP contribution in [0.25, 0.3) is 0 Å². The molecule has 0 radical (unpaired) electrons. The average molecular weight is 537 g/mol. The van der Waals surface area contributed by atoms with Crippen LogP contribution in [0.15, 0.2) is 24.3 Å². The molecule has 37 heavy (non-hydrogen) atoms. The van der Waals surface area contributed by atoms with Crippen molar-refractivity contribution < 1.29 is 23.9 Å². The van der Waals surface area contributed by atoms with Crippen LogP contribution in [-0.2, 0) is 14.3 Å². The van der Waals surface area contributed by atoms with Crippen LogP contribution in [0, 0.1) is 11.8 Å². The third-order valence-corrected chi connectivity index (χ3v) is 7.50. The van der Waals surface area contributed by atoms with Crippen molar-refractivity contribution in [1.82, 2.24) is 20.9 Å². The number of carbonyl (C=O) groups is 3. The van der Waals surface area contributed by atoms with Crippen LogP contribution in [0.3, 0.4) is 0 Å². The van der Waals surface area contributed by atoms with E-state index in [9.17, 15) is 14.4 Å². The van der Waals surface area contributed by atoms with Gasteiger partial charge in [0.25, 0.3) is 0 Å². The predicted molar refractivity (Wildman–Crippen MR) is 143 cm³/mol. The number of hydrogen-bond acceptors (Lipinski definition) is 6. The number of urea groups is 1. The van der Waals surface area contributed by atoms with E-state index in [-0.39, 0.29) is 24.1 Å². The molecule has 2 aliphatic rings. The van der Waals surface area contributed by atoms with E-state index >= 15 is 0 Å². The van der Waals surface area contributed by atoms with E-state index in [4.69, 9.17) is 16.3 Å². The van der Waals surface area contributed by atoms with E-state index in [0.717, 1.165) is 37.7 Å². The summed E-state index contributed by atoms with van der Waals surface area (Å²) >= 11 is 6.28. The minimum absolute atomic E-state index is 0.0143. The molecule has 0 spiro atoms. The van der Waals surface area contributed by atoms with Gasteiger partial charge in [0.2, 0.25) is 0 Å². The molecule has 3 N–H and O–H groups in total. The molecule has 0 aromatic heterocycles. The molecule has 3 rings (SSSR count). The summed E-state index contributed by atoms with van der Waals surface area (Å²) in [5.41, 5.74) is 0.956. The molecular weight excluding hydrogens is 496 g/mol. The van der Waals surface area contributed by atoms with Crippen molar-refractivity contribution in [2.45, 2.75) is 57.1 Å². The number of methoxy groups -OCH3 is 1. The van der Waals surface area contributed by atoms with Crippen molar-refractivity contribution in [3.05, 3.63) is 34.9 Å². The molecule has 1 aromatic rings. The topological polar surface area (TPSA) is 109 Å². The van der Waals surface area contributed by atoms with Crippen molar-refractivity contribution in [2.24, 2.45) is 11.8 Å². The summed E-state index contributed by atoms with van der Waals surface area (Å²) < 4.78 is 10.9. The number of piperidine rings is 1. The standard InChI is InChI=1S/C27H41ClN4O5/c1-29-17-23(15-19-8-10-24(33)11-9-19)31-26(34)32-13-4-6-21(18-32)25(20-5-3-7-22(28)16-20)37-14-12-30-27(35)36-2/h3,5,7,16,19,21,23,25,29H,4,6,8-15,17-18H2,1-2H3,(H,30,35)(H,31,34)/t21-,23+,25?/m1/s1. The molecule has 9 nitrogen and oxygen atoms in total. The Morgan fingerprint density at radius 2 is 2.00 bits per heavy atom. The van der Waals surface area contributed by atoms with Gasteiger partial charge in [0.15, 0.2) is 0 Å². The molecule has 2 fully saturated rings. The number of carbonyl (C=O) groups excluding carboxylic acids is 3. The Hall–Kier alpha value is -2.36. The van der Waals surface area contributed by atoms with Crippen molar-refractivity contribution in [2.75, 3.05) is 46.9 Å². The second kappa shape index (κ2) is 15.1. The molecule has 1 heterocycles. The molecule has 10 heteroatoms. The molecule has 1 aromatic carbocycles. The minimum Gasteiger partial charge on any atom is -0.453 e. The summed E-state index contributed by atoms with van der Waals surface area (Å²) in [5.74, 6) is 0.898. The number of halogens is 1. The highest BCUT2D eigenvalue weighted by Gasteiger charge is 2.32. The number of ketones is 1. The molecule has 206 valence electrons. The molecule has 1 saturated heterocycles. The predicted octanol–water partition coefficient (Wildman–Crippen LogP) is 3.91. The van der Waals surface area contributed by atoms with E-state index in [1.807, 2.05) is 36.2 Å². The normalized spacial score (nSPS) is 20.2. The van der Waals surface area contributed by atoms with Gasteiger partial charge in [-0.3, -0.25) is 4.79 Å². The number of ether oxygens (including phenoxy) is 2. The van der Waals surface area contributed by atoms with Gasteiger partial charge < -0.3 is 30.3 Å². The number of alkyl carbamates (subject to hydrolysis) is 1. The number of rotatable bonds is 11. The summed E-state index contributed by atoms with van der Waals surface area (Å²) in [6, 6.07) is 7.56. The fraction of sp³-hybridized carbons (Fsp3) is 0.667. The van der Waals surface area contributed by atoms with Gasteiger partial charge in [-0.15, -0.1) is 0 Å². The van der Waals surface area contributed by atoms with E-state index in [1.54, 1.807) is 0 Å². The van der Waals surface area contributed by atoms with Crippen LogP contribution in [0.1, 0.15) is 56.6 Å². The number of benzene rings is 1. The van der Waals surface area contributed by atoms with Gasteiger partial charge in [-0.1, -0.05) is 23.7 Å². The van der Waals surface area contributed by atoms with E-state index in [1.165, 1.54) is 7.11 Å². The van der Waals surface area contributed by atoms with Crippen LogP contribution in [-0.4, -0.2) is 75.8 Å². The number of nitrogens with zero attached hydrogens (tertiary/aromatic N) is 1. The smallest absolute Gasteiger partial charge is 0.406 e. The third kappa shape index (κ3) is 9.47. The fourth-order valence-electron chi connectivity index (χ4n) is 5.38. The zero-order chi connectivity index (χ0) is 26.6. The van der Waals surface area contributed by atoms with Crippen molar-refractivity contribution >= 4 is 29.5 Å². The highest BCUT2D eigenvalue weighted by molar-refractivity contribution is 6.30. The zero-order valence-electron chi connectivity index (χ0n) is 22.0. The Morgan fingerprint density at radius 1 is 1.22 bits per heavy atom. The van der Waals surface area contributed by atoms with Crippen LogP contribution in [0.5, 0.6) is 0 Å². The molecule has 1 aliphatic carbocycles. The summed E-state index contributed by atoms with van der Waals surface area (Å²) in [5, 5.41) is 9.71. The van der Waals surface area contributed by atoms with Crippen LogP contribution in [0.4, 0.5) is 9.59 Å². The van der Waals surface area contributed by atoms with Gasteiger partial charge in [0.1, 0.15) is 5.78 Å². The molecule has 0 bridgehead atoms. The quantitative estimate of drug-likeness (QED) is 0.370. The lowest BCUT2D eigenvalue weighted by Crippen LogP contribution is -2.52. The molecule has 1 aliphatic heterocycles. The SMILES string of the molecule is CNC[C@H](CC1CCC(=O)CC1)NC(=O)N1CCC[C@@H](C(OCCNC(=O)OC)c2cccc(Cl)c2)C1. The minimum atomic E-state index is -0.501. The lowest BCUT2D eigenvalue weighted by Gasteiger charge is -2.38. The Balaban J connectivity index is 1.61. The van der Waals surface area contributed by atoms with Gasteiger partial charge in [-0.05, 0) is 62.8 Å². The third-order valence-electron chi connectivity index (χ3n) is 7.26. The zero-order valence-corrected chi connectivity index (χ0v) is 22.7. The Bertz CT molecular complexity index is 891. The monoisotopic (exact) mass is 536 g/mol. The van der Waals surface area contributed by atoms with Gasteiger partial charge in [-0.25, -0.2) is 9.59 Å². The maximum absolute atomic E-state index is 13.3. The van der Waals surface area contributed by atoms with Crippen molar-refractivity contribution in [3.8, 4) is 0 Å². The summed E-state index contributed by atoms with van der Waals surface area (Å²) in [6.45, 7) is 2.58. The molecule has 3 amide bonds. The summed E-state index contributed by atoms with van der Waals surface area (Å²) in [6.07, 6.45) is 5.02. The largest absolute Gasteiger partial charge is 0.453 e. The summed E-state index contributed by atoms with van der Waals surface area (Å²) in [7, 11) is 3.21. The molecular formula is C27H41ClN4O5. The highest BCUT2D eigenvalue weighted by atomic mass is 35.5. The van der Waals surface area contributed by atoms with Crippen LogP contribution < -0.4 is 16.0 Å². The lowest BCUT2D eigenvalue weighted by atomic mass is 9.84. The highest BCUT2D eigenvalue weighted by Crippen LogP contribution is 2.34. The average Bonchev–Trinajstić information content (AvgIpc) is 2.90. The van der Waals surface area contributed by atoms with E-state index < -0.39 is 6.09 Å².